The Kier molecular flexibility index (Phi) is 5.10. The second-order valence-corrected chi connectivity index (χ2v) is 5.02. The second-order valence-electron chi connectivity index (χ2n) is 4.61. The Labute approximate surface area is 122 Å². The van der Waals surface area contributed by atoms with E-state index in [4.69, 9.17) is 11.6 Å². The number of benzene rings is 2. The lowest BCUT2D eigenvalue weighted by Crippen LogP contribution is -2.21. The van der Waals surface area contributed by atoms with Gasteiger partial charge in [0.15, 0.2) is 0 Å². The van der Waals surface area contributed by atoms with Crippen molar-refractivity contribution in [3.63, 3.8) is 0 Å². The van der Waals surface area contributed by atoms with Crippen molar-refractivity contribution in [2.45, 2.75) is 25.9 Å². The van der Waals surface area contributed by atoms with Crippen LogP contribution in [0, 0.1) is 11.6 Å². The lowest BCUT2D eigenvalue weighted by Gasteiger charge is -2.18. The van der Waals surface area contributed by atoms with Crippen LogP contribution in [0.4, 0.5) is 8.78 Å². The topological polar surface area (TPSA) is 12.0 Å². The Balaban J connectivity index is 2.08. The Bertz CT molecular complexity index is 586. The third-order valence-corrected chi connectivity index (χ3v) is 3.52. The second kappa shape index (κ2) is 6.82. The summed E-state index contributed by atoms with van der Waals surface area (Å²) in [6, 6.07) is 11.2. The molecule has 0 bridgehead atoms. The van der Waals surface area contributed by atoms with Gasteiger partial charge in [0.2, 0.25) is 0 Å². The van der Waals surface area contributed by atoms with Crippen LogP contribution in [0.1, 0.15) is 30.5 Å². The Morgan fingerprint density at radius 3 is 2.50 bits per heavy atom. The van der Waals surface area contributed by atoms with E-state index in [1.165, 1.54) is 12.1 Å². The van der Waals surface area contributed by atoms with Gasteiger partial charge in [-0.3, -0.25) is 0 Å². The zero-order valence-electron chi connectivity index (χ0n) is 11.2. The van der Waals surface area contributed by atoms with Crippen LogP contribution in [0.2, 0.25) is 5.02 Å². The molecule has 1 unspecified atom stereocenters. The summed E-state index contributed by atoms with van der Waals surface area (Å²) in [4.78, 5) is 0. The maximum absolute atomic E-state index is 13.8. The molecular weight excluding hydrogens is 280 g/mol. The first-order valence-electron chi connectivity index (χ1n) is 6.53. The van der Waals surface area contributed by atoms with Gasteiger partial charge in [0, 0.05) is 18.2 Å². The van der Waals surface area contributed by atoms with Crippen LogP contribution in [0.5, 0.6) is 0 Å². The van der Waals surface area contributed by atoms with E-state index in [1.807, 2.05) is 13.0 Å². The first-order chi connectivity index (χ1) is 9.61. The molecule has 0 aliphatic rings. The molecule has 2 aromatic carbocycles. The van der Waals surface area contributed by atoms with Gasteiger partial charge >= 0.3 is 0 Å². The third-order valence-electron chi connectivity index (χ3n) is 3.23. The van der Waals surface area contributed by atoms with Crippen LogP contribution in [0.25, 0.3) is 0 Å². The first kappa shape index (κ1) is 14.9. The summed E-state index contributed by atoms with van der Waals surface area (Å²) in [5.41, 5.74) is 1.51. The molecule has 0 saturated heterocycles. The van der Waals surface area contributed by atoms with Gasteiger partial charge in [0.1, 0.15) is 11.6 Å². The fraction of sp³-hybridized carbons (Fsp3) is 0.250. The number of halogens is 3. The van der Waals surface area contributed by atoms with Crippen molar-refractivity contribution in [1.29, 1.82) is 0 Å². The van der Waals surface area contributed by atoms with Crippen molar-refractivity contribution < 1.29 is 8.78 Å². The average Bonchev–Trinajstić information content (AvgIpc) is 2.45. The summed E-state index contributed by atoms with van der Waals surface area (Å²) < 4.78 is 26.8. The van der Waals surface area contributed by atoms with Crippen molar-refractivity contribution in [2.24, 2.45) is 0 Å². The lowest BCUT2D eigenvalue weighted by atomic mass is 10.0. The van der Waals surface area contributed by atoms with E-state index in [2.05, 4.69) is 5.32 Å². The summed E-state index contributed by atoms with van der Waals surface area (Å²) >= 11 is 5.74. The highest BCUT2D eigenvalue weighted by Gasteiger charge is 2.13. The van der Waals surface area contributed by atoms with Gasteiger partial charge in [-0.15, -0.1) is 0 Å². The Hall–Kier alpha value is -1.45. The maximum atomic E-state index is 13.8. The van der Waals surface area contributed by atoms with E-state index in [0.29, 0.717) is 12.1 Å². The van der Waals surface area contributed by atoms with Gasteiger partial charge in [0.05, 0.1) is 5.02 Å². The fourth-order valence-corrected chi connectivity index (χ4v) is 2.33. The molecule has 2 aromatic rings. The molecule has 0 heterocycles. The largest absolute Gasteiger partial charge is 0.306 e. The van der Waals surface area contributed by atoms with Gasteiger partial charge in [-0.1, -0.05) is 42.8 Å². The van der Waals surface area contributed by atoms with Crippen molar-refractivity contribution in [3.05, 3.63) is 70.2 Å². The Morgan fingerprint density at radius 1 is 1.10 bits per heavy atom. The molecule has 2 rings (SSSR count). The summed E-state index contributed by atoms with van der Waals surface area (Å²) in [5.74, 6) is -0.652. The molecule has 1 N–H and O–H groups in total. The van der Waals surface area contributed by atoms with Crippen molar-refractivity contribution >= 4 is 11.6 Å². The molecule has 106 valence electrons. The van der Waals surface area contributed by atoms with Crippen LogP contribution in [0.15, 0.2) is 42.5 Å². The third kappa shape index (κ3) is 3.56. The molecule has 1 atom stereocenters. The molecule has 0 radical (unpaired) electrons. The van der Waals surface area contributed by atoms with Crippen molar-refractivity contribution in [3.8, 4) is 0 Å². The zero-order chi connectivity index (χ0) is 14.5. The maximum Gasteiger partial charge on any atom is 0.141 e. The number of rotatable bonds is 5. The minimum Gasteiger partial charge on any atom is -0.306 e. The van der Waals surface area contributed by atoms with E-state index < -0.39 is 5.82 Å². The summed E-state index contributed by atoms with van der Waals surface area (Å²) in [6.45, 7) is 2.49. The minimum absolute atomic E-state index is 0.0833. The molecule has 4 heteroatoms. The molecule has 1 nitrogen and oxygen atoms in total. The average molecular weight is 296 g/mol. The standard InChI is InChI=1S/C16H16ClF2N/c1-2-16(12-5-3-4-6-14(12)18)20-10-11-7-8-15(19)13(17)9-11/h3-9,16,20H,2,10H2,1H3. The molecule has 0 spiro atoms. The Morgan fingerprint density at radius 2 is 1.85 bits per heavy atom. The van der Waals surface area contributed by atoms with Gasteiger partial charge < -0.3 is 5.32 Å². The van der Waals surface area contributed by atoms with Gasteiger partial charge in [0.25, 0.3) is 0 Å². The lowest BCUT2D eigenvalue weighted by molar-refractivity contribution is 0.488. The van der Waals surface area contributed by atoms with Gasteiger partial charge in [-0.2, -0.15) is 0 Å². The fourth-order valence-electron chi connectivity index (χ4n) is 2.12. The number of hydrogen-bond donors (Lipinski definition) is 1. The molecule has 0 amide bonds. The van der Waals surface area contributed by atoms with E-state index >= 15 is 0 Å². The van der Waals surface area contributed by atoms with Crippen LogP contribution >= 0.6 is 11.6 Å². The molecule has 0 fully saturated rings. The zero-order valence-corrected chi connectivity index (χ0v) is 11.9. The van der Waals surface area contributed by atoms with Crippen LogP contribution in [-0.2, 0) is 6.54 Å². The predicted octanol–water partition coefficient (Wildman–Crippen LogP) is 4.86. The van der Waals surface area contributed by atoms with E-state index in [1.54, 1.807) is 24.3 Å². The highest BCUT2D eigenvalue weighted by molar-refractivity contribution is 6.30. The molecule has 20 heavy (non-hydrogen) atoms. The molecule has 0 aliphatic heterocycles. The molecule has 0 aromatic heterocycles. The highest BCUT2D eigenvalue weighted by Crippen LogP contribution is 2.21. The molecule has 0 aliphatic carbocycles. The molecular formula is C16H16ClF2N. The van der Waals surface area contributed by atoms with Gasteiger partial charge in [-0.25, -0.2) is 8.78 Å². The SMILES string of the molecule is CCC(NCc1ccc(F)c(Cl)c1)c1ccccc1F. The first-order valence-corrected chi connectivity index (χ1v) is 6.91. The van der Waals surface area contributed by atoms with E-state index in [0.717, 1.165) is 12.0 Å². The van der Waals surface area contributed by atoms with E-state index in [9.17, 15) is 8.78 Å². The molecule has 0 saturated carbocycles. The van der Waals surface area contributed by atoms with Crippen LogP contribution in [0.3, 0.4) is 0 Å². The normalized spacial score (nSPS) is 12.4. The van der Waals surface area contributed by atoms with Crippen molar-refractivity contribution in [1.82, 2.24) is 5.32 Å². The quantitative estimate of drug-likeness (QED) is 0.830. The summed E-state index contributed by atoms with van der Waals surface area (Å²) in [5, 5.41) is 3.37. The predicted molar refractivity (Wildman–Crippen MR) is 77.7 cm³/mol. The van der Waals surface area contributed by atoms with Crippen LogP contribution in [-0.4, -0.2) is 0 Å². The summed E-state index contributed by atoms with van der Waals surface area (Å²) in [7, 11) is 0. The van der Waals surface area contributed by atoms with E-state index in [-0.39, 0.29) is 16.9 Å². The number of nitrogens with one attached hydrogen (secondary N) is 1. The van der Waals surface area contributed by atoms with Gasteiger partial charge in [-0.05, 0) is 30.2 Å². The summed E-state index contributed by atoms with van der Waals surface area (Å²) in [6.07, 6.45) is 0.760. The minimum atomic E-state index is -0.434. The smallest absolute Gasteiger partial charge is 0.141 e. The number of hydrogen-bond acceptors (Lipinski definition) is 1. The highest BCUT2D eigenvalue weighted by atomic mass is 35.5. The van der Waals surface area contributed by atoms with Crippen LogP contribution < -0.4 is 5.32 Å². The monoisotopic (exact) mass is 295 g/mol. The van der Waals surface area contributed by atoms with Crippen molar-refractivity contribution in [2.75, 3.05) is 0 Å².